The molecule has 0 saturated heterocycles. The Bertz CT molecular complexity index is 888. The minimum Gasteiger partial charge on any atom is -0.496 e. The number of halogens is 2. The largest absolute Gasteiger partial charge is 0.496 e. The average molecular weight is 392 g/mol. The molecule has 0 aliphatic carbocycles. The summed E-state index contributed by atoms with van der Waals surface area (Å²) in [6, 6.07) is 8.98. The number of carbonyl (C=O) groups is 3. The molecular formula is C19H18F2N2O5. The number of esters is 1. The van der Waals surface area contributed by atoms with Crippen molar-refractivity contribution in [3.8, 4) is 5.75 Å². The summed E-state index contributed by atoms with van der Waals surface area (Å²) in [7, 11) is 1.40. The van der Waals surface area contributed by atoms with Crippen LogP contribution in [0.1, 0.15) is 17.3 Å². The van der Waals surface area contributed by atoms with Gasteiger partial charge >= 0.3 is 5.97 Å². The van der Waals surface area contributed by atoms with Crippen molar-refractivity contribution in [2.45, 2.75) is 13.0 Å². The van der Waals surface area contributed by atoms with Gasteiger partial charge in [0.15, 0.2) is 6.10 Å². The molecule has 0 aliphatic rings. The van der Waals surface area contributed by atoms with Crippen LogP contribution in [0.3, 0.4) is 0 Å². The standard InChI is InChI=1S/C19H18F2N2O5/c1-11(18(25)23-15-9-12(20)7-8-14(15)21)28-17(24)10-22-19(26)13-5-3-4-6-16(13)27-2/h3-9,11H,10H2,1-2H3,(H,22,26)(H,23,25)/t11-/m1/s1. The Hall–Kier alpha value is -3.49. The number of carbonyl (C=O) groups excluding carboxylic acids is 3. The third-order valence-electron chi connectivity index (χ3n) is 3.61. The van der Waals surface area contributed by atoms with E-state index in [1.807, 2.05) is 0 Å². The van der Waals surface area contributed by atoms with Crippen LogP contribution in [0.4, 0.5) is 14.5 Å². The molecule has 0 fully saturated rings. The van der Waals surface area contributed by atoms with Gasteiger partial charge in [-0.25, -0.2) is 8.78 Å². The Kier molecular flexibility index (Phi) is 7.02. The SMILES string of the molecule is COc1ccccc1C(=O)NCC(=O)O[C@H](C)C(=O)Nc1cc(F)ccc1F. The van der Waals surface area contributed by atoms with Crippen LogP contribution in [-0.4, -0.2) is 37.5 Å². The van der Waals surface area contributed by atoms with Crippen LogP contribution in [0.15, 0.2) is 42.5 Å². The van der Waals surface area contributed by atoms with Gasteiger partial charge in [-0.15, -0.1) is 0 Å². The zero-order chi connectivity index (χ0) is 20.7. The number of benzene rings is 2. The molecule has 2 amide bonds. The van der Waals surface area contributed by atoms with E-state index < -0.39 is 42.1 Å². The van der Waals surface area contributed by atoms with Crippen LogP contribution in [0.25, 0.3) is 0 Å². The van der Waals surface area contributed by atoms with E-state index in [1.54, 1.807) is 18.2 Å². The minimum atomic E-state index is -1.29. The van der Waals surface area contributed by atoms with Crippen LogP contribution in [0.5, 0.6) is 5.75 Å². The molecule has 1 atom stereocenters. The van der Waals surface area contributed by atoms with Crippen molar-refractivity contribution in [3.05, 3.63) is 59.7 Å². The summed E-state index contributed by atoms with van der Waals surface area (Å²) in [6.45, 7) is 0.759. The maximum Gasteiger partial charge on any atom is 0.326 e. The molecule has 2 aromatic rings. The van der Waals surface area contributed by atoms with Crippen LogP contribution < -0.4 is 15.4 Å². The molecule has 148 valence electrons. The predicted octanol–water partition coefficient (Wildman–Crippen LogP) is 2.27. The second-order valence-electron chi connectivity index (χ2n) is 5.63. The van der Waals surface area contributed by atoms with Crippen molar-refractivity contribution >= 4 is 23.5 Å². The maximum absolute atomic E-state index is 13.5. The maximum atomic E-state index is 13.5. The summed E-state index contributed by atoms with van der Waals surface area (Å²) in [5, 5.41) is 4.48. The summed E-state index contributed by atoms with van der Waals surface area (Å²) in [5.74, 6) is -3.54. The molecule has 28 heavy (non-hydrogen) atoms. The van der Waals surface area contributed by atoms with Crippen molar-refractivity contribution in [1.29, 1.82) is 0 Å². The molecule has 0 spiro atoms. The van der Waals surface area contributed by atoms with Crippen molar-refractivity contribution < 1.29 is 32.6 Å². The molecule has 7 nitrogen and oxygen atoms in total. The highest BCUT2D eigenvalue weighted by Gasteiger charge is 2.20. The van der Waals surface area contributed by atoms with Crippen LogP contribution >= 0.6 is 0 Å². The van der Waals surface area contributed by atoms with Crippen molar-refractivity contribution in [3.63, 3.8) is 0 Å². The Morgan fingerprint density at radius 1 is 1.11 bits per heavy atom. The van der Waals surface area contributed by atoms with Gasteiger partial charge in [0.1, 0.15) is 23.9 Å². The number of anilines is 1. The molecule has 2 aromatic carbocycles. The smallest absolute Gasteiger partial charge is 0.326 e. The molecule has 0 heterocycles. The first-order valence-corrected chi connectivity index (χ1v) is 8.18. The summed E-state index contributed by atoms with van der Waals surface area (Å²) < 4.78 is 36.6. The number of methoxy groups -OCH3 is 1. The van der Waals surface area contributed by atoms with Crippen LogP contribution in [0, 0.1) is 11.6 Å². The van der Waals surface area contributed by atoms with Crippen molar-refractivity contribution in [1.82, 2.24) is 5.32 Å². The van der Waals surface area contributed by atoms with Crippen LogP contribution in [-0.2, 0) is 14.3 Å². The molecule has 0 saturated carbocycles. The second-order valence-corrected chi connectivity index (χ2v) is 5.63. The third-order valence-corrected chi connectivity index (χ3v) is 3.61. The molecule has 0 unspecified atom stereocenters. The van der Waals surface area contributed by atoms with E-state index in [9.17, 15) is 23.2 Å². The van der Waals surface area contributed by atoms with E-state index in [1.165, 1.54) is 20.1 Å². The summed E-state index contributed by atoms with van der Waals surface area (Å²) in [5.41, 5.74) is -0.150. The van der Waals surface area contributed by atoms with E-state index in [4.69, 9.17) is 9.47 Å². The lowest BCUT2D eigenvalue weighted by Gasteiger charge is -2.14. The van der Waals surface area contributed by atoms with E-state index >= 15 is 0 Å². The third kappa shape index (κ3) is 5.50. The lowest BCUT2D eigenvalue weighted by molar-refractivity contribution is -0.152. The quantitative estimate of drug-likeness (QED) is 0.705. The predicted molar refractivity (Wildman–Crippen MR) is 95.9 cm³/mol. The number of para-hydroxylation sites is 1. The lowest BCUT2D eigenvalue weighted by Crippen LogP contribution is -2.36. The highest BCUT2D eigenvalue weighted by molar-refractivity contribution is 5.99. The highest BCUT2D eigenvalue weighted by atomic mass is 19.1. The van der Waals surface area contributed by atoms with E-state index in [0.717, 1.165) is 18.2 Å². The van der Waals surface area contributed by atoms with Gasteiger partial charge in [-0.3, -0.25) is 14.4 Å². The number of nitrogens with one attached hydrogen (secondary N) is 2. The molecule has 0 bridgehead atoms. The fraction of sp³-hybridized carbons (Fsp3) is 0.211. The molecule has 0 aliphatic heterocycles. The fourth-order valence-corrected chi connectivity index (χ4v) is 2.20. The molecule has 2 N–H and O–H groups in total. The first-order valence-electron chi connectivity index (χ1n) is 8.18. The number of hydrogen-bond donors (Lipinski definition) is 2. The van der Waals surface area contributed by atoms with E-state index in [-0.39, 0.29) is 11.3 Å². The first kappa shape index (κ1) is 20.8. The first-order chi connectivity index (χ1) is 13.3. The fourth-order valence-electron chi connectivity index (χ4n) is 2.20. The van der Waals surface area contributed by atoms with Gasteiger partial charge in [-0.05, 0) is 31.2 Å². The normalized spacial score (nSPS) is 11.3. The topological polar surface area (TPSA) is 93.7 Å². The van der Waals surface area contributed by atoms with Crippen molar-refractivity contribution in [2.75, 3.05) is 19.0 Å². The number of ether oxygens (including phenoxy) is 2. The monoisotopic (exact) mass is 392 g/mol. The summed E-state index contributed by atoms with van der Waals surface area (Å²) in [4.78, 5) is 35.9. The number of hydrogen-bond acceptors (Lipinski definition) is 5. The van der Waals surface area contributed by atoms with Gasteiger partial charge in [0.05, 0.1) is 18.4 Å². The lowest BCUT2D eigenvalue weighted by atomic mass is 10.2. The van der Waals surface area contributed by atoms with Gasteiger partial charge in [-0.2, -0.15) is 0 Å². The Balaban J connectivity index is 1.87. The van der Waals surface area contributed by atoms with Crippen molar-refractivity contribution in [2.24, 2.45) is 0 Å². The van der Waals surface area contributed by atoms with Gasteiger partial charge in [-0.1, -0.05) is 12.1 Å². The molecule has 9 heteroatoms. The zero-order valence-electron chi connectivity index (χ0n) is 15.1. The summed E-state index contributed by atoms with van der Waals surface area (Å²) >= 11 is 0. The average Bonchev–Trinajstić information content (AvgIpc) is 2.68. The van der Waals surface area contributed by atoms with E-state index in [2.05, 4.69) is 10.6 Å². The summed E-state index contributed by atoms with van der Waals surface area (Å²) in [6.07, 6.45) is -1.29. The van der Waals surface area contributed by atoms with Gasteiger partial charge in [0, 0.05) is 6.07 Å². The van der Waals surface area contributed by atoms with Gasteiger partial charge < -0.3 is 20.1 Å². The highest BCUT2D eigenvalue weighted by Crippen LogP contribution is 2.17. The number of rotatable bonds is 7. The van der Waals surface area contributed by atoms with E-state index in [0.29, 0.717) is 5.75 Å². The minimum absolute atomic E-state index is 0.227. The molecule has 2 rings (SSSR count). The Labute approximate surface area is 159 Å². The molecular weight excluding hydrogens is 374 g/mol. The van der Waals surface area contributed by atoms with Gasteiger partial charge in [0.25, 0.3) is 11.8 Å². The Morgan fingerprint density at radius 2 is 1.82 bits per heavy atom. The Morgan fingerprint density at radius 3 is 2.54 bits per heavy atom. The molecule has 0 aromatic heterocycles. The zero-order valence-corrected chi connectivity index (χ0v) is 15.1. The van der Waals surface area contributed by atoms with Crippen LogP contribution in [0.2, 0.25) is 0 Å². The van der Waals surface area contributed by atoms with Gasteiger partial charge in [0.2, 0.25) is 0 Å². The second kappa shape index (κ2) is 9.45. The number of amides is 2. The molecule has 0 radical (unpaired) electrons.